The minimum absolute atomic E-state index is 0.566. The fourth-order valence-electron chi connectivity index (χ4n) is 2.50. The monoisotopic (exact) mass is 361 g/mol. The maximum atomic E-state index is 6.17. The van der Waals surface area contributed by atoms with E-state index in [4.69, 9.17) is 27.9 Å². The zero-order valence-corrected chi connectivity index (χ0v) is 15.1. The summed E-state index contributed by atoms with van der Waals surface area (Å²) in [6, 6.07) is 15.4. The second-order valence-corrected chi connectivity index (χ2v) is 6.44. The van der Waals surface area contributed by atoms with Crippen molar-refractivity contribution < 1.29 is 4.74 Å². The molecular formula is C18H14Cl2NOP. The average Bonchev–Trinajstić information content (AvgIpc) is 2.54. The maximum absolute atomic E-state index is 6.17. The Kier molecular flexibility index (Phi) is 4.87. The van der Waals surface area contributed by atoms with Crippen LogP contribution in [0.4, 0.5) is 0 Å². The molecule has 1 unspecified atom stereocenters. The number of pyridine rings is 1. The summed E-state index contributed by atoms with van der Waals surface area (Å²) in [4.78, 5) is 4.39. The summed E-state index contributed by atoms with van der Waals surface area (Å²) in [6.07, 6.45) is 1.80. The van der Waals surface area contributed by atoms with Crippen LogP contribution in [0.2, 0.25) is 10.0 Å². The van der Waals surface area contributed by atoms with E-state index in [1.807, 2.05) is 48.5 Å². The van der Waals surface area contributed by atoms with Crippen LogP contribution in [0.3, 0.4) is 0 Å². The summed E-state index contributed by atoms with van der Waals surface area (Å²) in [6.45, 7) is 0. The average molecular weight is 362 g/mol. The number of rotatable bonds is 3. The van der Waals surface area contributed by atoms with Crippen molar-refractivity contribution >= 4 is 37.7 Å². The molecule has 0 amide bonds. The van der Waals surface area contributed by atoms with Crippen LogP contribution >= 0.6 is 32.4 Å². The molecule has 0 saturated carbocycles. The van der Waals surface area contributed by atoms with Gasteiger partial charge in [-0.05, 0) is 35.4 Å². The summed E-state index contributed by atoms with van der Waals surface area (Å²) in [5.74, 6) is 0.566. The quantitative estimate of drug-likeness (QED) is 0.595. The molecule has 0 saturated heterocycles. The van der Waals surface area contributed by atoms with E-state index in [0.717, 1.165) is 27.6 Å². The fourth-order valence-corrected chi connectivity index (χ4v) is 3.40. The molecule has 1 aromatic heterocycles. The normalized spacial score (nSPS) is 10.6. The first-order chi connectivity index (χ1) is 11.1. The van der Waals surface area contributed by atoms with Crippen molar-refractivity contribution in [2.24, 2.45) is 0 Å². The molecule has 0 fully saturated rings. The van der Waals surface area contributed by atoms with Gasteiger partial charge in [0.1, 0.15) is 0 Å². The third-order valence-corrected chi connectivity index (χ3v) is 4.53. The van der Waals surface area contributed by atoms with Gasteiger partial charge < -0.3 is 4.74 Å². The lowest BCUT2D eigenvalue weighted by molar-refractivity contribution is 0.402. The second kappa shape index (κ2) is 6.88. The van der Waals surface area contributed by atoms with Crippen molar-refractivity contribution in [3.8, 4) is 28.1 Å². The van der Waals surface area contributed by atoms with Crippen LogP contribution in [0.5, 0.6) is 5.88 Å². The van der Waals surface area contributed by atoms with Crippen molar-refractivity contribution in [2.75, 3.05) is 7.11 Å². The van der Waals surface area contributed by atoms with Gasteiger partial charge in [0.05, 0.1) is 7.11 Å². The predicted octanol–water partition coefficient (Wildman–Crippen LogP) is 5.23. The zero-order valence-electron chi connectivity index (χ0n) is 12.4. The lowest BCUT2D eigenvalue weighted by atomic mass is 9.96. The third-order valence-electron chi connectivity index (χ3n) is 3.52. The lowest BCUT2D eigenvalue weighted by Gasteiger charge is -2.15. The first-order valence-electron chi connectivity index (χ1n) is 6.94. The van der Waals surface area contributed by atoms with E-state index in [1.54, 1.807) is 13.3 Å². The Bertz CT molecular complexity index is 867. The SMILES string of the molecule is COc1ncc(-c2cccc(Cl)c2)c(-c2cccc(Cl)c2)c1P. The molecule has 0 aliphatic carbocycles. The van der Waals surface area contributed by atoms with Gasteiger partial charge in [-0.25, -0.2) is 4.98 Å². The molecule has 5 heteroatoms. The molecule has 1 atom stereocenters. The van der Waals surface area contributed by atoms with Crippen LogP contribution in [0.15, 0.2) is 54.7 Å². The highest BCUT2D eigenvalue weighted by Gasteiger charge is 2.16. The lowest BCUT2D eigenvalue weighted by Crippen LogP contribution is -2.07. The van der Waals surface area contributed by atoms with E-state index in [0.29, 0.717) is 15.9 Å². The second-order valence-electron chi connectivity index (χ2n) is 4.99. The molecule has 0 N–H and O–H groups in total. The number of aromatic nitrogens is 1. The van der Waals surface area contributed by atoms with Crippen LogP contribution in [0.1, 0.15) is 0 Å². The van der Waals surface area contributed by atoms with Gasteiger partial charge in [0, 0.05) is 32.7 Å². The molecule has 116 valence electrons. The maximum Gasteiger partial charge on any atom is 0.220 e. The zero-order chi connectivity index (χ0) is 16.4. The molecule has 0 aliphatic heterocycles. The van der Waals surface area contributed by atoms with E-state index < -0.39 is 0 Å². The highest BCUT2D eigenvalue weighted by atomic mass is 35.5. The van der Waals surface area contributed by atoms with Crippen molar-refractivity contribution in [1.82, 2.24) is 4.98 Å². The number of hydrogen-bond acceptors (Lipinski definition) is 2. The summed E-state index contributed by atoms with van der Waals surface area (Å²) in [5, 5.41) is 2.24. The van der Waals surface area contributed by atoms with Gasteiger partial charge in [-0.1, -0.05) is 56.7 Å². The van der Waals surface area contributed by atoms with E-state index in [-0.39, 0.29) is 0 Å². The van der Waals surface area contributed by atoms with E-state index in [2.05, 4.69) is 14.2 Å². The van der Waals surface area contributed by atoms with Gasteiger partial charge in [-0.3, -0.25) is 0 Å². The van der Waals surface area contributed by atoms with Gasteiger partial charge in [-0.15, -0.1) is 0 Å². The number of halogens is 2. The van der Waals surface area contributed by atoms with Crippen LogP contribution in [0, 0.1) is 0 Å². The van der Waals surface area contributed by atoms with Crippen molar-refractivity contribution in [3.63, 3.8) is 0 Å². The predicted molar refractivity (Wildman–Crippen MR) is 101 cm³/mol. The molecule has 3 aromatic rings. The van der Waals surface area contributed by atoms with Gasteiger partial charge in [0.15, 0.2) is 0 Å². The van der Waals surface area contributed by atoms with Gasteiger partial charge in [0.2, 0.25) is 5.88 Å². The minimum atomic E-state index is 0.566. The van der Waals surface area contributed by atoms with Gasteiger partial charge in [0.25, 0.3) is 0 Å². The molecule has 0 radical (unpaired) electrons. The van der Waals surface area contributed by atoms with Crippen molar-refractivity contribution in [1.29, 1.82) is 0 Å². The molecule has 2 nitrogen and oxygen atoms in total. The summed E-state index contributed by atoms with van der Waals surface area (Å²) in [5.41, 5.74) is 3.97. The number of ether oxygens (including phenoxy) is 1. The molecule has 0 bridgehead atoms. The summed E-state index contributed by atoms with van der Waals surface area (Å²) < 4.78 is 5.36. The van der Waals surface area contributed by atoms with Gasteiger partial charge >= 0.3 is 0 Å². The Hall–Kier alpha value is -1.60. The Balaban J connectivity index is 2.30. The smallest absolute Gasteiger partial charge is 0.220 e. The first kappa shape index (κ1) is 16.3. The first-order valence-corrected chi connectivity index (χ1v) is 8.28. The molecule has 1 heterocycles. The fraction of sp³-hybridized carbons (Fsp3) is 0.0556. The van der Waals surface area contributed by atoms with Crippen LogP contribution < -0.4 is 10.0 Å². The number of hydrogen-bond donors (Lipinski definition) is 0. The summed E-state index contributed by atoms with van der Waals surface area (Å²) >= 11 is 12.3. The third kappa shape index (κ3) is 3.35. The highest BCUT2D eigenvalue weighted by molar-refractivity contribution is 7.28. The van der Waals surface area contributed by atoms with Crippen molar-refractivity contribution in [2.45, 2.75) is 0 Å². The largest absolute Gasteiger partial charge is 0.481 e. The molecule has 0 aliphatic rings. The van der Waals surface area contributed by atoms with E-state index in [1.165, 1.54) is 0 Å². The Morgan fingerprint density at radius 2 is 1.57 bits per heavy atom. The molecule has 3 rings (SSSR count). The van der Waals surface area contributed by atoms with E-state index in [9.17, 15) is 0 Å². The summed E-state index contributed by atoms with van der Waals surface area (Å²) in [7, 11) is 4.32. The van der Waals surface area contributed by atoms with Crippen LogP contribution in [0.25, 0.3) is 22.3 Å². The number of nitrogens with zero attached hydrogens (tertiary/aromatic N) is 1. The van der Waals surface area contributed by atoms with Crippen molar-refractivity contribution in [3.05, 3.63) is 64.8 Å². The molecule has 2 aromatic carbocycles. The topological polar surface area (TPSA) is 22.1 Å². The van der Waals surface area contributed by atoms with Crippen LogP contribution in [-0.2, 0) is 0 Å². The highest BCUT2D eigenvalue weighted by Crippen LogP contribution is 2.35. The standard InChI is InChI=1S/C18H14Cl2NOP/c1-22-18-17(23)16(12-5-3-7-14(20)9-12)15(10-21-18)11-4-2-6-13(19)8-11/h2-10H,23H2,1H3. The minimum Gasteiger partial charge on any atom is -0.481 e. The Morgan fingerprint density at radius 3 is 2.17 bits per heavy atom. The Morgan fingerprint density at radius 1 is 0.957 bits per heavy atom. The van der Waals surface area contributed by atoms with E-state index >= 15 is 0 Å². The Labute approximate surface area is 147 Å². The molecule has 0 spiro atoms. The molecule has 23 heavy (non-hydrogen) atoms. The van der Waals surface area contributed by atoms with Crippen LogP contribution in [-0.4, -0.2) is 12.1 Å². The number of benzene rings is 2. The van der Waals surface area contributed by atoms with Gasteiger partial charge in [-0.2, -0.15) is 0 Å². The molecular weight excluding hydrogens is 348 g/mol. The number of methoxy groups -OCH3 is 1.